The van der Waals surface area contributed by atoms with E-state index in [4.69, 9.17) is 0 Å². The number of aliphatic hydroxyl groups excluding tert-OH is 1. The summed E-state index contributed by atoms with van der Waals surface area (Å²) >= 11 is 0. The number of fused-ring (bicyclic) bond motifs is 1. The lowest BCUT2D eigenvalue weighted by atomic mass is 9.85. The Morgan fingerprint density at radius 1 is 1.10 bits per heavy atom. The molecule has 3 aliphatic rings. The third-order valence-corrected chi connectivity index (χ3v) is 6.21. The number of hydrogen-bond acceptors (Lipinski definition) is 2. The van der Waals surface area contributed by atoms with E-state index in [-0.39, 0.29) is 6.10 Å². The zero-order chi connectivity index (χ0) is 14.2. The zero-order valence-electron chi connectivity index (χ0n) is 13.0. The van der Waals surface area contributed by atoms with Crippen LogP contribution in [0.3, 0.4) is 0 Å². The van der Waals surface area contributed by atoms with E-state index >= 15 is 0 Å². The fourth-order valence-electron chi connectivity index (χ4n) is 4.79. The summed E-state index contributed by atoms with van der Waals surface area (Å²) in [6.07, 6.45) is 15.5. The summed E-state index contributed by atoms with van der Waals surface area (Å²) < 4.78 is 2.26. The normalized spacial score (nSPS) is 34.4. The predicted octanol–water partition coefficient (Wildman–Crippen LogP) is 3.93. The number of aromatic nitrogens is 2. The van der Waals surface area contributed by atoms with Crippen molar-refractivity contribution < 1.29 is 5.11 Å². The topological polar surface area (TPSA) is 38.1 Å². The lowest BCUT2D eigenvalue weighted by molar-refractivity contribution is 0.0727. The number of nitrogens with zero attached hydrogens (tertiary/aromatic N) is 2. The van der Waals surface area contributed by atoms with Crippen molar-refractivity contribution in [3.63, 3.8) is 0 Å². The molecule has 0 amide bonds. The van der Waals surface area contributed by atoms with Crippen LogP contribution in [0.1, 0.15) is 69.7 Å². The van der Waals surface area contributed by atoms with Crippen LogP contribution in [0.4, 0.5) is 0 Å². The first-order valence-electron chi connectivity index (χ1n) is 9.00. The van der Waals surface area contributed by atoms with E-state index in [1.165, 1.54) is 57.8 Å². The summed E-state index contributed by atoms with van der Waals surface area (Å²) in [5.74, 6) is 4.26. The minimum Gasteiger partial charge on any atom is -0.385 e. The highest BCUT2D eigenvalue weighted by Crippen LogP contribution is 2.51. The maximum absolute atomic E-state index is 10.7. The van der Waals surface area contributed by atoms with E-state index in [0.717, 1.165) is 30.1 Å². The maximum Gasteiger partial charge on any atom is 0.137 e. The van der Waals surface area contributed by atoms with Crippen LogP contribution in [-0.2, 0) is 6.54 Å². The van der Waals surface area contributed by atoms with Crippen LogP contribution in [0.15, 0.2) is 12.4 Å². The molecule has 0 spiro atoms. The molecule has 1 aromatic heterocycles. The molecule has 3 nitrogen and oxygen atoms in total. The third kappa shape index (κ3) is 2.90. The first-order chi connectivity index (χ1) is 10.3. The maximum atomic E-state index is 10.7. The molecule has 1 aromatic rings. The highest BCUT2D eigenvalue weighted by molar-refractivity contribution is 5.00. The molecule has 3 fully saturated rings. The Labute approximate surface area is 127 Å². The summed E-state index contributed by atoms with van der Waals surface area (Å²) in [5.41, 5.74) is 0. The van der Waals surface area contributed by atoms with E-state index in [2.05, 4.69) is 15.7 Å². The van der Waals surface area contributed by atoms with Gasteiger partial charge in [-0.15, -0.1) is 0 Å². The molecule has 3 aliphatic carbocycles. The summed E-state index contributed by atoms with van der Waals surface area (Å²) in [6, 6.07) is 0. The van der Waals surface area contributed by atoms with E-state index in [0.29, 0.717) is 5.92 Å². The molecule has 21 heavy (non-hydrogen) atoms. The predicted molar refractivity (Wildman–Crippen MR) is 82.7 cm³/mol. The molecule has 4 atom stereocenters. The van der Waals surface area contributed by atoms with Gasteiger partial charge >= 0.3 is 0 Å². The van der Waals surface area contributed by atoms with Crippen molar-refractivity contribution in [2.75, 3.05) is 0 Å². The van der Waals surface area contributed by atoms with Crippen LogP contribution < -0.4 is 0 Å². The Morgan fingerprint density at radius 2 is 1.95 bits per heavy atom. The SMILES string of the molecule is OC(c1nccn1CC1CCC2CC2C1)C1CCCCC1. The van der Waals surface area contributed by atoms with Gasteiger partial charge in [-0.1, -0.05) is 19.3 Å². The molecule has 116 valence electrons. The molecule has 3 saturated carbocycles. The number of imidazole rings is 1. The second-order valence-corrected chi connectivity index (χ2v) is 7.72. The quantitative estimate of drug-likeness (QED) is 0.911. The molecule has 4 rings (SSSR count). The zero-order valence-corrected chi connectivity index (χ0v) is 13.0. The highest BCUT2D eigenvalue weighted by Gasteiger charge is 2.42. The van der Waals surface area contributed by atoms with Crippen LogP contribution in [0.5, 0.6) is 0 Å². The summed E-state index contributed by atoms with van der Waals surface area (Å²) in [5, 5.41) is 10.7. The van der Waals surface area contributed by atoms with Gasteiger partial charge in [-0.05, 0) is 62.2 Å². The lowest BCUT2D eigenvalue weighted by Gasteiger charge is -2.28. The summed E-state index contributed by atoms with van der Waals surface area (Å²) in [6.45, 7) is 1.07. The largest absolute Gasteiger partial charge is 0.385 e. The fraction of sp³-hybridized carbons (Fsp3) is 0.833. The molecule has 0 saturated heterocycles. The van der Waals surface area contributed by atoms with Gasteiger partial charge in [0.2, 0.25) is 0 Å². The average molecular weight is 288 g/mol. The van der Waals surface area contributed by atoms with Crippen molar-refractivity contribution in [3.05, 3.63) is 18.2 Å². The van der Waals surface area contributed by atoms with Crippen LogP contribution >= 0.6 is 0 Å². The molecular formula is C18H28N2O. The Morgan fingerprint density at radius 3 is 2.76 bits per heavy atom. The first-order valence-corrected chi connectivity index (χ1v) is 9.00. The minimum absolute atomic E-state index is 0.349. The molecule has 3 heteroatoms. The lowest BCUT2D eigenvalue weighted by Crippen LogP contribution is -2.22. The molecule has 0 aromatic carbocycles. The van der Waals surface area contributed by atoms with Crippen molar-refractivity contribution in [1.82, 2.24) is 9.55 Å². The van der Waals surface area contributed by atoms with Crippen molar-refractivity contribution in [3.8, 4) is 0 Å². The second-order valence-electron chi connectivity index (χ2n) is 7.72. The van der Waals surface area contributed by atoms with Crippen molar-refractivity contribution >= 4 is 0 Å². The molecule has 4 unspecified atom stereocenters. The van der Waals surface area contributed by atoms with Gasteiger partial charge < -0.3 is 9.67 Å². The Bertz CT molecular complexity index is 477. The van der Waals surface area contributed by atoms with Crippen LogP contribution in [0.25, 0.3) is 0 Å². The summed E-state index contributed by atoms with van der Waals surface area (Å²) in [7, 11) is 0. The molecule has 0 radical (unpaired) electrons. The number of aliphatic hydroxyl groups is 1. The van der Waals surface area contributed by atoms with Gasteiger partial charge in [-0.2, -0.15) is 0 Å². The van der Waals surface area contributed by atoms with Crippen molar-refractivity contribution in [2.45, 2.75) is 70.4 Å². The van der Waals surface area contributed by atoms with Gasteiger partial charge in [0.25, 0.3) is 0 Å². The monoisotopic (exact) mass is 288 g/mol. The number of rotatable bonds is 4. The van der Waals surface area contributed by atoms with Crippen LogP contribution in [0.2, 0.25) is 0 Å². The number of hydrogen-bond donors (Lipinski definition) is 1. The average Bonchev–Trinajstić information content (AvgIpc) is 3.16. The Balaban J connectivity index is 1.42. The van der Waals surface area contributed by atoms with Gasteiger partial charge in [-0.25, -0.2) is 4.98 Å². The van der Waals surface area contributed by atoms with E-state index < -0.39 is 0 Å². The van der Waals surface area contributed by atoms with Crippen LogP contribution in [-0.4, -0.2) is 14.7 Å². The molecular weight excluding hydrogens is 260 g/mol. The highest BCUT2D eigenvalue weighted by atomic mass is 16.3. The van der Waals surface area contributed by atoms with Crippen molar-refractivity contribution in [1.29, 1.82) is 0 Å². The Hall–Kier alpha value is -0.830. The fourth-order valence-corrected chi connectivity index (χ4v) is 4.79. The van der Waals surface area contributed by atoms with Gasteiger partial charge in [0.15, 0.2) is 0 Å². The van der Waals surface area contributed by atoms with Gasteiger partial charge in [-0.3, -0.25) is 0 Å². The Kier molecular flexibility index (Phi) is 3.78. The standard InChI is InChI=1S/C18H28N2O/c21-17(14-4-2-1-3-5-14)18-19-8-9-20(18)12-13-6-7-15-11-16(15)10-13/h8-9,13-17,21H,1-7,10-12H2. The second kappa shape index (κ2) is 5.75. The molecule has 1 N–H and O–H groups in total. The van der Waals surface area contributed by atoms with Gasteiger partial charge in [0.1, 0.15) is 11.9 Å². The first kappa shape index (κ1) is 13.8. The van der Waals surface area contributed by atoms with E-state index in [9.17, 15) is 5.11 Å². The molecule has 1 heterocycles. The molecule has 0 aliphatic heterocycles. The van der Waals surface area contributed by atoms with E-state index in [1.807, 2.05) is 6.20 Å². The van der Waals surface area contributed by atoms with Crippen LogP contribution in [0, 0.1) is 23.7 Å². The van der Waals surface area contributed by atoms with Crippen molar-refractivity contribution in [2.24, 2.45) is 23.7 Å². The minimum atomic E-state index is -0.349. The van der Waals surface area contributed by atoms with Gasteiger partial charge in [0.05, 0.1) is 0 Å². The summed E-state index contributed by atoms with van der Waals surface area (Å²) in [4.78, 5) is 4.50. The smallest absolute Gasteiger partial charge is 0.137 e. The third-order valence-electron chi connectivity index (χ3n) is 6.21. The van der Waals surface area contributed by atoms with Gasteiger partial charge in [0, 0.05) is 18.9 Å². The van der Waals surface area contributed by atoms with E-state index in [1.54, 1.807) is 0 Å². The molecule has 0 bridgehead atoms.